The third-order valence-corrected chi connectivity index (χ3v) is 3.75. The maximum Gasteiger partial charge on any atom is 0.319 e. The van der Waals surface area contributed by atoms with Crippen LogP contribution in [0.1, 0.15) is 25.7 Å². The zero-order valence-electron chi connectivity index (χ0n) is 11.1. The number of hydrogen-bond donors (Lipinski definition) is 3. The first-order valence-corrected chi connectivity index (χ1v) is 6.92. The van der Waals surface area contributed by atoms with E-state index < -0.39 is 0 Å². The van der Waals surface area contributed by atoms with Gasteiger partial charge in [-0.05, 0) is 31.0 Å². The summed E-state index contributed by atoms with van der Waals surface area (Å²) in [6, 6.07) is 7.17. The number of amides is 2. The molecule has 20 heavy (non-hydrogen) atoms. The predicted octanol–water partition coefficient (Wildman–Crippen LogP) is 2.59. The molecule has 0 unspecified atom stereocenters. The van der Waals surface area contributed by atoms with Crippen LogP contribution in [0.5, 0.6) is 0 Å². The lowest BCUT2D eigenvalue weighted by Crippen LogP contribution is -2.36. The summed E-state index contributed by atoms with van der Waals surface area (Å²) in [5, 5.41) is 7.13. The van der Waals surface area contributed by atoms with Crippen LogP contribution in [0.4, 0.5) is 10.5 Å². The molecule has 2 aromatic rings. The molecule has 3 N–H and O–H groups in total. The Kier molecular flexibility index (Phi) is 3.41. The number of carbonyl (C=O) groups is 1. The Balaban J connectivity index is 1.82. The van der Waals surface area contributed by atoms with Crippen LogP contribution in [0.2, 0.25) is 0 Å². The molecule has 5 heteroatoms. The molecule has 0 atom stereocenters. The lowest BCUT2D eigenvalue weighted by atomic mass is 10.1. The van der Waals surface area contributed by atoms with E-state index in [1.54, 1.807) is 30.5 Å². The topological polar surface area (TPSA) is 74.0 Å². The Morgan fingerprint density at radius 2 is 1.95 bits per heavy atom. The van der Waals surface area contributed by atoms with Crippen molar-refractivity contribution >= 4 is 22.5 Å². The van der Waals surface area contributed by atoms with E-state index in [0.717, 1.165) is 18.2 Å². The van der Waals surface area contributed by atoms with Crippen molar-refractivity contribution < 1.29 is 4.79 Å². The number of H-pyrrole nitrogens is 1. The van der Waals surface area contributed by atoms with Crippen LogP contribution in [-0.4, -0.2) is 17.1 Å². The fourth-order valence-corrected chi connectivity index (χ4v) is 2.74. The summed E-state index contributed by atoms with van der Waals surface area (Å²) in [7, 11) is 0. The van der Waals surface area contributed by atoms with E-state index in [9.17, 15) is 9.59 Å². The van der Waals surface area contributed by atoms with Crippen LogP contribution in [-0.2, 0) is 0 Å². The number of carbonyl (C=O) groups excluding carboxylic acids is 1. The number of benzene rings is 1. The summed E-state index contributed by atoms with van der Waals surface area (Å²) in [5.41, 5.74) is 0.506. The van der Waals surface area contributed by atoms with Gasteiger partial charge in [0.05, 0.1) is 5.69 Å². The number of pyridine rings is 1. The predicted molar refractivity (Wildman–Crippen MR) is 79.0 cm³/mol. The van der Waals surface area contributed by atoms with Crippen LogP contribution in [0, 0.1) is 0 Å². The van der Waals surface area contributed by atoms with Crippen LogP contribution in [0.25, 0.3) is 10.8 Å². The van der Waals surface area contributed by atoms with Crippen LogP contribution < -0.4 is 16.2 Å². The molecule has 0 saturated heterocycles. The highest BCUT2D eigenvalue weighted by Gasteiger charge is 2.17. The largest absolute Gasteiger partial charge is 0.335 e. The van der Waals surface area contributed by atoms with Gasteiger partial charge in [0.2, 0.25) is 0 Å². The van der Waals surface area contributed by atoms with Gasteiger partial charge in [0.25, 0.3) is 5.56 Å². The molecule has 104 valence electrons. The van der Waals surface area contributed by atoms with Crippen molar-refractivity contribution in [2.45, 2.75) is 31.7 Å². The monoisotopic (exact) mass is 271 g/mol. The average molecular weight is 271 g/mol. The van der Waals surface area contributed by atoms with Crippen molar-refractivity contribution in [2.24, 2.45) is 0 Å². The molecule has 0 aliphatic heterocycles. The van der Waals surface area contributed by atoms with Crippen LogP contribution in [0.3, 0.4) is 0 Å². The minimum atomic E-state index is -0.204. The number of anilines is 1. The maximum absolute atomic E-state index is 12.0. The molecular formula is C15H17N3O2. The standard InChI is InChI=1S/C15H17N3O2/c19-14-12-6-3-7-13(11(12)8-9-16-14)18-15(20)17-10-4-1-2-5-10/h3,6-10H,1-2,4-5H2,(H,16,19)(H2,17,18,20). The molecule has 1 saturated carbocycles. The lowest BCUT2D eigenvalue weighted by molar-refractivity contribution is 0.248. The van der Waals surface area contributed by atoms with Crippen molar-refractivity contribution in [3.63, 3.8) is 0 Å². The summed E-state index contributed by atoms with van der Waals surface area (Å²) in [6.07, 6.45) is 6.03. The minimum absolute atomic E-state index is 0.151. The SMILES string of the molecule is O=C(Nc1cccc2c(=O)[nH]ccc12)NC1CCCC1. The van der Waals surface area contributed by atoms with Gasteiger partial charge < -0.3 is 15.6 Å². The molecule has 1 fully saturated rings. The highest BCUT2D eigenvalue weighted by Crippen LogP contribution is 2.21. The quantitative estimate of drug-likeness (QED) is 0.785. The van der Waals surface area contributed by atoms with Gasteiger partial charge in [-0.25, -0.2) is 4.79 Å². The van der Waals surface area contributed by atoms with E-state index in [-0.39, 0.29) is 17.6 Å². The first-order valence-electron chi connectivity index (χ1n) is 6.92. The van der Waals surface area contributed by atoms with Crippen molar-refractivity contribution in [1.29, 1.82) is 0 Å². The second-order valence-electron chi connectivity index (χ2n) is 5.15. The Morgan fingerprint density at radius 3 is 2.75 bits per heavy atom. The third-order valence-electron chi connectivity index (χ3n) is 3.75. The van der Waals surface area contributed by atoms with Gasteiger partial charge in [-0.3, -0.25) is 4.79 Å². The van der Waals surface area contributed by atoms with Gasteiger partial charge in [-0.2, -0.15) is 0 Å². The summed E-state index contributed by atoms with van der Waals surface area (Å²) in [4.78, 5) is 26.3. The van der Waals surface area contributed by atoms with Crippen molar-refractivity contribution in [2.75, 3.05) is 5.32 Å². The van der Waals surface area contributed by atoms with E-state index in [1.165, 1.54) is 12.8 Å². The van der Waals surface area contributed by atoms with Gasteiger partial charge in [0.1, 0.15) is 0 Å². The van der Waals surface area contributed by atoms with Crippen molar-refractivity contribution in [3.8, 4) is 0 Å². The molecule has 0 bridgehead atoms. The summed E-state index contributed by atoms with van der Waals surface area (Å²) < 4.78 is 0. The lowest BCUT2D eigenvalue weighted by Gasteiger charge is -2.14. The van der Waals surface area contributed by atoms with E-state index in [4.69, 9.17) is 0 Å². The molecule has 1 aromatic heterocycles. The molecule has 5 nitrogen and oxygen atoms in total. The normalized spacial score (nSPS) is 15.4. The molecule has 1 aliphatic rings. The Hall–Kier alpha value is -2.30. The van der Waals surface area contributed by atoms with Crippen LogP contribution in [0.15, 0.2) is 35.3 Å². The van der Waals surface area contributed by atoms with E-state index in [1.807, 2.05) is 0 Å². The molecule has 1 aliphatic carbocycles. The molecule has 0 spiro atoms. The van der Waals surface area contributed by atoms with E-state index in [0.29, 0.717) is 11.1 Å². The molecule has 3 rings (SSSR count). The van der Waals surface area contributed by atoms with Gasteiger partial charge in [0.15, 0.2) is 0 Å². The molecule has 1 aromatic carbocycles. The van der Waals surface area contributed by atoms with Gasteiger partial charge >= 0.3 is 6.03 Å². The van der Waals surface area contributed by atoms with Gasteiger partial charge in [-0.15, -0.1) is 0 Å². The first kappa shape index (κ1) is 12.7. The number of aromatic nitrogens is 1. The Morgan fingerprint density at radius 1 is 1.15 bits per heavy atom. The maximum atomic E-state index is 12.0. The fourth-order valence-electron chi connectivity index (χ4n) is 2.74. The van der Waals surface area contributed by atoms with Crippen LogP contribution >= 0.6 is 0 Å². The molecule has 2 amide bonds. The zero-order valence-corrected chi connectivity index (χ0v) is 11.1. The van der Waals surface area contributed by atoms with E-state index >= 15 is 0 Å². The number of hydrogen-bond acceptors (Lipinski definition) is 2. The number of nitrogens with one attached hydrogen (secondary N) is 3. The number of urea groups is 1. The van der Waals surface area contributed by atoms with Crippen molar-refractivity contribution in [1.82, 2.24) is 10.3 Å². The molecular weight excluding hydrogens is 254 g/mol. The van der Waals surface area contributed by atoms with E-state index in [2.05, 4.69) is 15.6 Å². The summed E-state index contributed by atoms with van der Waals surface area (Å²) in [6.45, 7) is 0. The number of fused-ring (bicyclic) bond motifs is 1. The van der Waals surface area contributed by atoms with Crippen molar-refractivity contribution in [3.05, 3.63) is 40.8 Å². The first-order chi connectivity index (χ1) is 9.74. The molecule has 0 radical (unpaired) electrons. The Labute approximate surface area is 116 Å². The molecule has 1 heterocycles. The second kappa shape index (κ2) is 5.36. The zero-order chi connectivity index (χ0) is 13.9. The third kappa shape index (κ3) is 2.52. The smallest absolute Gasteiger partial charge is 0.319 e. The summed E-state index contributed by atoms with van der Waals surface area (Å²) >= 11 is 0. The highest BCUT2D eigenvalue weighted by molar-refractivity contribution is 6.01. The average Bonchev–Trinajstić information content (AvgIpc) is 2.93. The highest BCUT2D eigenvalue weighted by atomic mass is 16.2. The Bertz CT molecular complexity index is 687. The number of aromatic amines is 1. The van der Waals surface area contributed by atoms with Gasteiger partial charge in [-0.1, -0.05) is 18.9 Å². The fraction of sp³-hybridized carbons (Fsp3) is 0.333. The summed E-state index contributed by atoms with van der Waals surface area (Å²) in [5.74, 6) is 0. The minimum Gasteiger partial charge on any atom is -0.335 e. The second-order valence-corrected chi connectivity index (χ2v) is 5.15. The van der Waals surface area contributed by atoms with Gasteiger partial charge in [0, 0.05) is 23.0 Å². The number of rotatable bonds is 2.